The van der Waals surface area contributed by atoms with E-state index in [2.05, 4.69) is 9.97 Å². The lowest BCUT2D eigenvalue weighted by atomic mass is 10.1. The summed E-state index contributed by atoms with van der Waals surface area (Å²) in [4.78, 5) is 20.8. The van der Waals surface area contributed by atoms with Gasteiger partial charge >= 0.3 is 6.09 Å². The van der Waals surface area contributed by atoms with Crippen LogP contribution in [0.3, 0.4) is 0 Å². The van der Waals surface area contributed by atoms with Gasteiger partial charge in [-0.15, -0.1) is 0 Å². The van der Waals surface area contributed by atoms with Crippen molar-refractivity contribution in [3.8, 4) is 0 Å². The molecule has 1 aliphatic heterocycles. The second-order valence-electron chi connectivity index (χ2n) is 4.58. The van der Waals surface area contributed by atoms with E-state index in [0.29, 0.717) is 19.6 Å². The highest BCUT2D eigenvalue weighted by atomic mass is 16.4. The third-order valence-electron chi connectivity index (χ3n) is 3.26. The molecule has 3 heterocycles. The molecule has 0 radical (unpaired) electrons. The second-order valence-corrected chi connectivity index (χ2v) is 4.58. The number of amides is 1. The van der Waals surface area contributed by atoms with Crippen LogP contribution in [-0.4, -0.2) is 37.2 Å². The largest absolute Gasteiger partial charge is 0.465 e. The van der Waals surface area contributed by atoms with Crippen LogP contribution in [0.15, 0.2) is 30.7 Å². The van der Waals surface area contributed by atoms with Gasteiger partial charge in [0.2, 0.25) is 0 Å². The summed E-state index contributed by atoms with van der Waals surface area (Å²) >= 11 is 0. The highest BCUT2D eigenvalue weighted by molar-refractivity contribution is 5.65. The van der Waals surface area contributed by atoms with Crippen LogP contribution in [0.4, 0.5) is 4.79 Å². The average molecular weight is 258 g/mol. The molecule has 0 atom stereocenters. The van der Waals surface area contributed by atoms with Gasteiger partial charge in [-0.1, -0.05) is 0 Å². The standard InChI is InChI=1S/C13H14N4O2/c18-13(19)17-6-5-16-8-11(15-12(16)9-17)7-10-1-3-14-4-2-10/h1-4,8H,5-7,9H2,(H,18,19). The molecule has 1 amide bonds. The van der Waals surface area contributed by atoms with Gasteiger partial charge in [0.1, 0.15) is 5.82 Å². The minimum atomic E-state index is -0.884. The van der Waals surface area contributed by atoms with Crippen LogP contribution >= 0.6 is 0 Å². The first kappa shape index (κ1) is 11.7. The molecule has 2 aromatic rings. The molecule has 98 valence electrons. The topological polar surface area (TPSA) is 71.2 Å². The predicted molar refractivity (Wildman–Crippen MR) is 67.7 cm³/mol. The molecule has 19 heavy (non-hydrogen) atoms. The Labute approximate surface area is 110 Å². The molecule has 0 bridgehead atoms. The summed E-state index contributed by atoms with van der Waals surface area (Å²) in [6.07, 6.45) is 5.39. The Morgan fingerprint density at radius 1 is 1.32 bits per heavy atom. The third-order valence-corrected chi connectivity index (χ3v) is 3.26. The molecule has 6 nitrogen and oxygen atoms in total. The van der Waals surface area contributed by atoms with Crippen LogP contribution in [0.1, 0.15) is 17.1 Å². The smallest absolute Gasteiger partial charge is 0.407 e. The van der Waals surface area contributed by atoms with Crippen molar-refractivity contribution in [2.24, 2.45) is 0 Å². The fourth-order valence-electron chi connectivity index (χ4n) is 2.27. The fourth-order valence-corrected chi connectivity index (χ4v) is 2.27. The Morgan fingerprint density at radius 2 is 2.11 bits per heavy atom. The number of imidazole rings is 1. The van der Waals surface area contributed by atoms with Crippen molar-refractivity contribution >= 4 is 6.09 Å². The number of pyridine rings is 1. The minimum absolute atomic E-state index is 0.367. The summed E-state index contributed by atoms with van der Waals surface area (Å²) in [6.45, 7) is 1.56. The van der Waals surface area contributed by atoms with E-state index in [9.17, 15) is 4.79 Å². The summed E-state index contributed by atoms with van der Waals surface area (Å²) < 4.78 is 2.04. The van der Waals surface area contributed by atoms with Gasteiger partial charge in [0.15, 0.2) is 0 Å². The number of carbonyl (C=O) groups is 1. The van der Waals surface area contributed by atoms with Crippen molar-refractivity contribution in [1.29, 1.82) is 0 Å². The number of hydrogen-bond donors (Lipinski definition) is 1. The van der Waals surface area contributed by atoms with Gasteiger partial charge < -0.3 is 9.67 Å². The molecule has 0 aliphatic carbocycles. The summed E-state index contributed by atoms with van der Waals surface area (Å²) in [5.74, 6) is 0.817. The molecule has 1 aliphatic rings. The quantitative estimate of drug-likeness (QED) is 0.883. The van der Waals surface area contributed by atoms with Gasteiger partial charge in [0.25, 0.3) is 0 Å². The van der Waals surface area contributed by atoms with Crippen LogP contribution in [-0.2, 0) is 19.5 Å². The lowest BCUT2D eigenvalue weighted by Crippen LogP contribution is -2.37. The van der Waals surface area contributed by atoms with Crippen LogP contribution in [0.25, 0.3) is 0 Å². The second kappa shape index (κ2) is 4.72. The predicted octanol–water partition coefficient (Wildman–Crippen LogP) is 1.36. The van der Waals surface area contributed by atoms with Crippen LogP contribution in [0.2, 0.25) is 0 Å². The SMILES string of the molecule is O=C(O)N1CCn2cc(Cc3ccncc3)nc2C1. The van der Waals surface area contributed by atoms with Crippen LogP contribution in [0, 0.1) is 0 Å². The van der Waals surface area contributed by atoms with Crippen LogP contribution in [0.5, 0.6) is 0 Å². The molecule has 3 rings (SSSR count). The van der Waals surface area contributed by atoms with E-state index in [1.165, 1.54) is 4.90 Å². The maximum atomic E-state index is 10.9. The molecule has 2 aromatic heterocycles. The van der Waals surface area contributed by atoms with Crippen molar-refractivity contribution in [2.45, 2.75) is 19.5 Å². The van der Waals surface area contributed by atoms with Crippen molar-refractivity contribution in [3.05, 3.63) is 47.8 Å². The van der Waals surface area contributed by atoms with Crippen LogP contribution < -0.4 is 0 Å². The van der Waals surface area contributed by atoms with E-state index >= 15 is 0 Å². The molecule has 0 aromatic carbocycles. The van der Waals surface area contributed by atoms with Gasteiger partial charge in [-0.25, -0.2) is 9.78 Å². The highest BCUT2D eigenvalue weighted by Gasteiger charge is 2.21. The van der Waals surface area contributed by atoms with E-state index in [-0.39, 0.29) is 0 Å². The normalized spacial score (nSPS) is 14.2. The average Bonchev–Trinajstić information content (AvgIpc) is 2.80. The number of fused-ring (bicyclic) bond motifs is 1. The Morgan fingerprint density at radius 3 is 2.84 bits per heavy atom. The maximum absolute atomic E-state index is 10.9. The Hall–Kier alpha value is -2.37. The van der Waals surface area contributed by atoms with Crippen molar-refractivity contribution in [3.63, 3.8) is 0 Å². The number of aromatic nitrogens is 3. The Bertz CT molecular complexity index is 594. The minimum Gasteiger partial charge on any atom is -0.465 e. The number of carboxylic acid groups (broad SMARTS) is 1. The number of rotatable bonds is 2. The zero-order chi connectivity index (χ0) is 13.2. The van der Waals surface area contributed by atoms with E-state index < -0.39 is 6.09 Å². The molecule has 0 saturated carbocycles. The lowest BCUT2D eigenvalue weighted by Gasteiger charge is -2.24. The molecular weight excluding hydrogens is 244 g/mol. The van der Waals surface area contributed by atoms with Gasteiger partial charge in [-0.05, 0) is 17.7 Å². The maximum Gasteiger partial charge on any atom is 0.407 e. The molecular formula is C13H14N4O2. The number of nitrogens with zero attached hydrogens (tertiary/aromatic N) is 4. The lowest BCUT2D eigenvalue weighted by molar-refractivity contribution is 0.131. The van der Waals surface area contributed by atoms with Crippen molar-refractivity contribution < 1.29 is 9.90 Å². The zero-order valence-corrected chi connectivity index (χ0v) is 10.4. The molecule has 1 N–H and O–H groups in total. The molecule has 0 saturated heterocycles. The van der Waals surface area contributed by atoms with Gasteiger partial charge in [0, 0.05) is 38.1 Å². The monoisotopic (exact) mass is 258 g/mol. The van der Waals surface area contributed by atoms with E-state index in [1.807, 2.05) is 22.9 Å². The summed E-state index contributed by atoms with van der Waals surface area (Å²) in [5, 5.41) is 8.99. The molecule has 0 unspecified atom stereocenters. The van der Waals surface area contributed by atoms with E-state index in [4.69, 9.17) is 5.11 Å². The van der Waals surface area contributed by atoms with E-state index in [0.717, 1.165) is 23.5 Å². The van der Waals surface area contributed by atoms with Gasteiger partial charge in [-0.3, -0.25) is 9.88 Å². The fraction of sp³-hybridized carbons (Fsp3) is 0.308. The van der Waals surface area contributed by atoms with E-state index in [1.54, 1.807) is 12.4 Å². The molecule has 0 fully saturated rings. The Balaban J connectivity index is 1.78. The summed E-state index contributed by atoms with van der Waals surface area (Å²) in [5.41, 5.74) is 2.12. The first-order chi connectivity index (χ1) is 9.22. The first-order valence-electron chi connectivity index (χ1n) is 6.14. The molecule has 0 spiro atoms. The van der Waals surface area contributed by atoms with Crippen molar-refractivity contribution in [2.75, 3.05) is 6.54 Å². The zero-order valence-electron chi connectivity index (χ0n) is 10.4. The third kappa shape index (κ3) is 2.42. The Kier molecular flexibility index (Phi) is 2.91. The number of hydrogen-bond acceptors (Lipinski definition) is 3. The van der Waals surface area contributed by atoms with Crippen molar-refractivity contribution in [1.82, 2.24) is 19.4 Å². The van der Waals surface area contributed by atoms with Gasteiger partial charge in [0.05, 0.1) is 12.2 Å². The molecule has 6 heteroatoms. The van der Waals surface area contributed by atoms with Gasteiger partial charge in [-0.2, -0.15) is 0 Å². The first-order valence-corrected chi connectivity index (χ1v) is 6.14. The highest BCUT2D eigenvalue weighted by Crippen LogP contribution is 2.15. The summed E-state index contributed by atoms with van der Waals surface area (Å²) in [7, 11) is 0. The summed E-state index contributed by atoms with van der Waals surface area (Å²) in [6, 6.07) is 3.92.